The van der Waals surface area contributed by atoms with Gasteiger partial charge in [-0.1, -0.05) is 0 Å². The van der Waals surface area contributed by atoms with Crippen molar-refractivity contribution in [1.29, 1.82) is 0 Å². The molecule has 2 rings (SSSR count). The Balaban J connectivity index is 2.11. The molecule has 0 spiro atoms. The van der Waals surface area contributed by atoms with E-state index in [1.54, 1.807) is 24.8 Å². The van der Waals surface area contributed by atoms with Crippen LogP contribution in [0.5, 0.6) is 0 Å². The van der Waals surface area contributed by atoms with Gasteiger partial charge in [-0.25, -0.2) is 4.79 Å². The number of nitrogens with one attached hydrogen (secondary N) is 1. The summed E-state index contributed by atoms with van der Waals surface area (Å²) < 4.78 is 5.24. The summed E-state index contributed by atoms with van der Waals surface area (Å²) in [7, 11) is 0. The molecule has 2 heterocycles. The lowest BCUT2D eigenvalue weighted by Gasteiger charge is -2.09. The number of pyridine rings is 1. The van der Waals surface area contributed by atoms with Gasteiger partial charge in [-0.2, -0.15) is 11.8 Å². The molecule has 0 amide bonds. The number of H-pyrrole nitrogens is 1. The molecule has 1 atom stereocenters. The number of carbonyl (C=O) groups is 1. The molecule has 0 bridgehead atoms. The van der Waals surface area contributed by atoms with Crippen molar-refractivity contribution in [3.05, 3.63) is 33.7 Å². The average molecular weight is 239 g/mol. The number of aromatic nitrogens is 1. The summed E-state index contributed by atoms with van der Waals surface area (Å²) in [6.07, 6.45) is 0.832. The van der Waals surface area contributed by atoms with Gasteiger partial charge in [0.25, 0.3) is 5.56 Å². The summed E-state index contributed by atoms with van der Waals surface area (Å²) in [5, 5.41) is 0. The van der Waals surface area contributed by atoms with Gasteiger partial charge in [0.15, 0.2) is 0 Å². The molecule has 0 aliphatic carbocycles. The number of carbonyl (C=O) groups excluding carboxylic acids is 1. The predicted octanol–water partition coefficient (Wildman–Crippen LogP) is 1.35. The van der Waals surface area contributed by atoms with E-state index in [1.165, 1.54) is 6.07 Å². The zero-order chi connectivity index (χ0) is 11.5. The van der Waals surface area contributed by atoms with Crippen LogP contribution in [0.3, 0.4) is 0 Å². The van der Waals surface area contributed by atoms with Crippen LogP contribution in [-0.4, -0.2) is 28.6 Å². The number of rotatable bonds is 2. The third-order valence-electron chi connectivity index (χ3n) is 2.44. The van der Waals surface area contributed by atoms with Gasteiger partial charge >= 0.3 is 5.97 Å². The van der Waals surface area contributed by atoms with Gasteiger partial charge in [0.05, 0.1) is 0 Å². The molecule has 1 fully saturated rings. The van der Waals surface area contributed by atoms with Crippen LogP contribution in [0.25, 0.3) is 0 Å². The van der Waals surface area contributed by atoms with Crippen LogP contribution in [-0.2, 0) is 4.74 Å². The zero-order valence-corrected chi connectivity index (χ0v) is 9.80. The fourth-order valence-corrected chi connectivity index (χ4v) is 2.65. The van der Waals surface area contributed by atoms with Crippen LogP contribution in [0.4, 0.5) is 0 Å². The van der Waals surface area contributed by atoms with Gasteiger partial charge in [-0.3, -0.25) is 4.79 Å². The fraction of sp³-hybridized carbons (Fsp3) is 0.455. The lowest BCUT2D eigenvalue weighted by atomic mass is 10.2. The molecule has 1 aromatic rings. The summed E-state index contributed by atoms with van der Waals surface area (Å²) in [5.74, 6) is 1.33. The van der Waals surface area contributed by atoms with E-state index in [9.17, 15) is 9.59 Å². The van der Waals surface area contributed by atoms with Crippen LogP contribution in [0.2, 0.25) is 0 Å². The highest BCUT2D eigenvalue weighted by Gasteiger charge is 2.21. The Morgan fingerprint density at radius 3 is 3.00 bits per heavy atom. The van der Waals surface area contributed by atoms with E-state index in [0.29, 0.717) is 0 Å². The maximum Gasteiger partial charge on any atom is 0.344 e. The highest BCUT2D eigenvalue weighted by molar-refractivity contribution is 7.99. The third kappa shape index (κ3) is 2.47. The minimum Gasteiger partial charge on any atom is -0.458 e. The van der Waals surface area contributed by atoms with Crippen molar-refractivity contribution in [2.75, 3.05) is 11.5 Å². The lowest BCUT2D eigenvalue weighted by Crippen LogP contribution is -2.24. The molecule has 1 aliphatic rings. The molecule has 1 N–H and O–H groups in total. The molecule has 86 valence electrons. The van der Waals surface area contributed by atoms with E-state index in [2.05, 4.69) is 4.98 Å². The van der Waals surface area contributed by atoms with Crippen molar-refractivity contribution in [1.82, 2.24) is 4.98 Å². The first kappa shape index (κ1) is 11.3. The smallest absolute Gasteiger partial charge is 0.344 e. The van der Waals surface area contributed by atoms with Crippen LogP contribution >= 0.6 is 11.8 Å². The minimum absolute atomic E-state index is 0.0433. The molecular weight excluding hydrogens is 226 g/mol. The SMILES string of the molecule is Cc1ccc(C(=O)O[C@@H]2CCSC2)c(=O)[nH]1. The van der Waals surface area contributed by atoms with E-state index < -0.39 is 5.97 Å². The second-order valence-corrected chi connectivity index (χ2v) is 4.92. The van der Waals surface area contributed by atoms with E-state index in [-0.39, 0.29) is 17.2 Å². The number of esters is 1. The first-order valence-corrected chi connectivity index (χ1v) is 6.31. The maximum atomic E-state index is 11.7. The van der Waals surface area contributed by atoms with Crippen LogP contribution in [0.1, 0.15) is 22.5 Å². The van der Waals surface area contributed by atoms with Crippen LogP contribution < -0.4 is 5.56 Å². The second kappa shape index (κ2) is 4.74. The average Bonchev–Trinajstić information content (AvgIpc) is 2.70. The lowest BCUT2D eigenvalue weighted by molar-refractivity contribution is 0.0355. The van der Waals surface area contributed by atoms with Crippen molar-refractivity contribution in [2.24, 2.45) is 0 Å². The third-order valence-corrected chi connectivity index (χ3v) is 3.57. The molecular formula is C11H13NO3S. The van der Waals surface area contributed by atoms with Gasteiger partial charge < -0.3 is 9.72 Å². The molecule has 4 nitrogen and oxygen atoms in total. The van der Waals surface area contributed by atoms with Crippen LogP contribution in [0.15, 0.2) is 16.9 Å². The van der Waals surface area contributed by atoms with E-state index in [4.69, 9.17) is 4.74 Å². The van der Waals surface area contributed by atoms with Gasteiger partial charge in [0, 0.05) is 11.4 Å². The zero-order valence-electron chi connectivity index (χ0n) is 8.99. The Labute approximate surface area is 97.4 Å². The standard InChI is InChI=1S/C11H13NO3S/c1-7-2-3-9(10(13)12-7)11(14)15-8-4-5-16-6-8/h2-3,8H,4-6H2,1H3,(H,12,13)/t8-/m1/s1. The molecule has 0 unspecified atom stereocenters. The molecule has 1 saturated heterocycles. The Morgan fingerprint density at radius 2 is 2.38 bits per heavy atom. The van der Waals surface area contributed by atoms with Crippen molar-refractivity contribution in [3.8, 4) is 0 Å². The summed E-state index contributed by atoms with van der Waals surface area (Å²) in [6.45, 7) is 1.77. The number of aromatic amines is 1. The topological polar surface area (TPSA) is 59.2 Å². The molecule has 16 heavy (non-hydrogen) atoms. The number of hydrogen-bond donors (Lipinski definition) is 1. The van der Waals surface area contributed by atoms with Crippen molar-refractivity contribution in [2.45, 2.75) is 19.4 Å². The quantitative estimate of drug-likeness (QED) is 0.791. The first-order chi connectivity index (χ1) is 7.66. The summed E-state index contributed by atoms with van der Waals surface area (Å²) in [4.78, 5) is 25.8. The van der Waals surface area contributed by atoms with Crippen molar-refractivity contribution in [3.63, 3.8) is 0 Å². The van der Waals surface area contributed by atoms with Gasteiger partial charge in [0.2, 0.25) is 0 Å². The summed E-state index contributed by atoms with van der Waals surface area (Å²) in [5.41, 5.74) is 0.441. The molecule has 1 aromatic heterocycles. The number of ether oxygens (including phenoxy) is 1. The predicted molar refractivity (Wildman–Crippen MR) is 62.9 cm³/mol. The van der Waals surface area contributed by atoms with E-state index >= 15 is 0 Å². The number of thioether (sulfide) groups is 1. The Hall–Kier alpha value is -1.23. The van der Waals surface area contributed by atoms with Gasteiger partial charge in [0.1, 0.15) is 11.7 Å². The second-order valence-electron chi connectivity index (χ2n) is 3.78. The highest BCUT2D eigenvalue weighted by Crippen LogP contribution is 2.20. The Morgan fingerprint density at radius 1 is 1.56 bits per heavy atom. The summed E-state index contributed by atoms with van der Waals surface area (Å²) in [6, 6.07) is 3.21. The van der Waals surface area contributed by atoms with Crippen molar-refractivity contribution < 1.29 is 9.53 Å². The monoisotopic (exact) mass is 239 g/mol. The van der Waals surface area contributed by atoms with E-state index in [1.807, 2.05) is 0 Å². The molecule has 0 aromatic carbocycles. The maximum absolute atomic E-state index is 11.7. The van der Waals surface area contributed by atoms with Gasteiger partial charge in [-0.15, -0.1) is 0 Å². The molecule has 5 heteroatoms. The molecule has 0 saturated carbocycles. The van der Waals surface area contributed by atoms with Crippen molar-refractivity contribution >= 4 is 17.7 Å². The molecule has 1 aliphatic heterocycles. The van der Waals surface area contributed by atoms with Crippen LogP contribution in [0, 0.1) is 6.92 Å². The number of aryl methyl sites for hydroxylation is 1. The number of hydrogen-bond acceptors (Lipinski definition) is 4. The van der Waals surface area contributed by atoms with Gasteiger partial charge in [-0.05, 0) is 31.2 Å². The Bertz CT molecular complexity index is 449. The minimum atomic E-state index is -0.520. The largest absolute Gasteiger partial charge is 0.458 e. The fourth-order valence-electron chi connectivity index (χ4n) is 1.55. The van der Waals surface area contributed by atoms with E-state index in [0.717, 1.165) is 23.6 Å². The normalized spacial score (nSPS) is 19.7. The summed E-state index contributed by atoms with van der Waals surface area (Å²) >= 11 is 1.76. The highest BCUT2D eigenvalue weighted by atomic mass is 32.2. The first-order valence-electron chi connectivity index (χ1n) is 5.15. The molecule has 0 radical (unpaired) electrons. The Kier molecular flexibility index (Phi) is 3.33.